The molecule has 1 aliphatic carbocycles. The van der Waals surface area contributed by atoms with E-state index in [-0.39, 0.29) is 17.7 Å². The number of carbonyl (C=O) groups excluding carboxylic acids is 2. The Kier molecular flexibility index (Phi) is 4.53. The molecule has 1 saturated carbocycles. The molecule has 1 aromatic carbocycles. The fourth-order valence-electron chi connectivity index (χ4n) is 4.04. The van der Waals surface area contributed by atoms with Crippen LogP contribution in [0.2, 0.25) is 0 Å². The monoisotopic (exact) mass is 315 g/mol. The number of hydrogen-bond acceptors (Lipinski definition) is 3. The zero-order valence-electron chi connectivity index (χ0n) is 13.7. The van der Waals surface area contributed by atoms with Gasteiger partial charge in [-0.2, -0.15) is 0 Å². The summed E-state index contributed by atoms with van der Waals surface area (Å²) in [6, 6.07) is 8.89. The number of benzene rings is 1. The van der Waals surface area contributed by atoms with Gasteiger partial charge in [-0.05, 0) is 44.2 Å². The molecule has 1 saturated heterocycles. The maximum Gasteiger partial charge on any atom is 0.260 e. The van der Waals surface area contributed by atoms with Gasteiger partial charge in [0.2, 0.25) is 5.91 Å². The van der Waals surface area contributed by atoms with Crippen molar-refractivity contribution in [3.8, 4) is 0 Å². The number of hydrogen-bond donors (Lipinski definition) is 1. The molecule has 4 nitrogen and oxygen atoms in total. The summed E-state index contributed by atoms with van der Waals surface area (Å²) in [4.78, 5) is 26.8. The lowest BCUT2D eigenvalue weighted by atomic mass is 9.72. The predicted octanol–water partition coefficient (Wildman–Crippen LogP) is 3.01. The highest BCUT2D eigenvalue weighted by atomic mass is 16.3. The molecular weight excluding hydrogens is 290 g/mol. The Bertz CT molecular complexity index is 580. The fraction of sp³-hybridized carbons (Fsp3) is 0.579. The van der Waals surface area contributed by atoms with E-state index < -0.39 is 11.5 Å². The zero-order chi connectivity index (χ0) is 16.4. The van der Waals surface area contributed by atoms with Crippen LogP contribution < -0.4 is 0 Å². The molecule has 0 spiro atoms. The Morgan fingerprint density at radius 2 is 1.87 bits per heavy atom. The molecule has 0 radical (unpaired) electrons. The first-order chi connectivity index (χ1) is 11.0. The SMILES string of the molecule is C[C@]1([C@@H](O)C2CCCCC2)CCN(C(=O)c2ccccc2)C1=O. The van der Waals surface area contributed by atoms with E-state index in [9.17, 15) is 14.7 Å². The largest absolute Gasteiger partial charge is 0.392 e. The molecule has 2 atom stereocenters. The molecule has 124 valence electrons. The molecule has 0 aromatic heterocycles. The van der Waals surface area contributed by atoms with Crippen LogP contribution in [0.3, 0.4) is 0 Å². The third-order valence-electron chi connectivity index (χ3n) is 5.60. The van der Waals surface area contributed by atoms with Gasteiger partial charge in [0.15, 0.2) is 0 Å². The lowest BCUT2D eigenvalue weighted by molar-refractivity contribution is -0.141. The smallest absolute Gasteiger partial charge is 0.260 e. The molecule has 2 amide bonds. The van der Waals surface area contributed by atoms with Gasteiger partial charge >= 0.3 is 0 Å². The van der Waals surface area contributed by atoms with Gasteiger partial charge in [0.1, 0.15) is 0 Å². The average molecular weight is 315 g/mol. The van der Waals surface area contributed by atoms with E-state index in [2.05, 4.69) is 0 Å². The minimum atomic E-state index is -0.827. The minimum Gasteiger partial charge on any atom is -0.392 e. The number of rotatable bonds is 3. The first-order valence-corrected chi connectivity index (χ1v) is 8.63. The summed E-state index contributed by atoms with van der Waals surface area (Å²) in [7, 11) is 0. The summed E-state index contributed by atoms with van der Waals surface area (Å²) in [6.07, 6.45) is 5.32. The van der Waals surface area contributed by atoms with E-state index in [0.717, 1.165) is 25.7 Å². The second kappa shape index (κ2) is 6.44. The number of likely N-dealkylation sites (tertiary alicyclic amines) is 1. The number of aliphatic hydroxyl groups excluding tert-OH is 1. The molecular formula is C19H25NO3. The van der Waals surface area contributed by atoms with Gasteiger partial charge in [0.05, 0.1) is 11.5 Å². The van der Waals surface area contributed by atoms with Crippen molar-refractivity contribution in [3.63, 3.8) is 0 Å². The van der Waals surface area contributed by atoms with Gasteiger partial charge in [-0.1, -0.05) is 37.5 Å². The highest BCUT2D eigenvalue weighted by Crippen LogP contribution is 2.42. The quantitative estimate of drug-likeness (QED) is 0.872. The van der Waals surface area contributed by atoms with Crippen LogP contribution in [-0.2, 0) is 4.79 Å². The van der Waals surface area contributed by atoms with Crippen LogP contribution in [0, 0.1) is 11.3 Å². The highest BCUT2D eigenvalue weighted by molar-refractivity contribution is 6.07. The normalized spacial score (nSPS) is 27.2. The standard InChI is InChI=1S/C19H25NO3/c1-19(16(21)14-8-4-2-5-9-14)12-13-20(18(19)23)17(22)15-10-6-3-7-11-15/h3,6-7,10-11,14,16,21H,2,4-5,8-9,12-13H2,1H3/t16-,19+/m0/s1. The Morgan fingerprint density at radius 3 is 2.52 bits per heavy atom. The zero-order valence-corrected chi connectivity index (χ0v) is 13.7. The molecule has 0 bridgehead atoms. The molecule has 1 aliphatic heterocycles. The molecule has 1 aromatic rings. The van der Waals surface area contributed by atoms with Crippen LogP contribution >= 0.6 is 0 Å². The third kappa shape index (κ3) is 2.92. The maximum absolute atomic E-state index is 12.9. The first-order valence-electron chi connectivity index (χ1n) is 8.63. The van der Waals surface area contributed by atoms with Crippen molar-refractivity contribution in [1.29, 1.82) is 0 Å². The van der Waals surface area contributed by atoms with Crippen LogP contribution in [0.5, 0.6) is 0 Å². The van der Waals surface area contributed by atoms with Gasteiger partial charge < -0.3 is 5.11 Å². The van der Waals surface area contributed by atoms with Crippen molar-refractivity contribution in [1.82, 2.24) is 4.90 Å². The molecule has 4 heteroatoms. The van der Waals surface area contributed by atoms with Crippen molar-refractivity contribution >= 4 is 11.8 Å². The lowest BCUT2D eigenvalue weighted by Gasteiger charge is -2.36. The number of amides is 2. The summed E-state index contributed by atoms with van der Waals surface area (Å²) in [5, 5.41) is 10.8. The van der Waals surface area contributed by atoms with Crippen molar-refractivity contribution in [2.24, 2.45) is 11.3 Å². The number of nitrogens with zero attached hydrogens (tertiary/aromatic N) is 1. The van der Waals surface area contributed by atoms with Crippen molar-refractivity contribution in [3.05, 3.63) is 35.9 Å². The number of imide groups is 1. The van der Waals surface area contributed by atoms with E-state index >= 15 is 0 Å². The lowest BCUT2D eigenvalue weighted by Crippen LogP contribution is -2.46. The van der Waals surface area contributed by atoms with Crippen molar-refractivity contribution < 1.29 is 14.7 Å². The Labute approximate surface area is 137 Å². The van der Waals surface area contributed by atoms with E-state index in [4.69, 9.17) is 0 Å². The van der Waals surface area contributed by atoms with Crippen LogP contribution in [0.1, 0.15) is 55.8 Å². The third-order valence-corrected chi connectivity index (χ3v) is 5.60. The van der Waals surface area contributed by atoms with Crippen LogP contribution in [0.15, 0.2) is 30.3 Å². The average Bonchev–Trinajstić information content (AvgIpc) is 2.91. The minimum absolute atomic E-state index is 0.185. The van der Waals surface area contributed by atoms with Gasteiger partial charge in [0.25, 0.3) is 5.91 Å². The molecule has 23 heavy (non-hydrogen) atoms. The van der Waals surface area contributed by atoms with Gasteiger partial charge in [0, 0.05) is 12.1 Å². The Hall–Kier alpha value is -1.68. The highest BCUT2D eigenvalue weighted by Gasteiger charge is 2.51. The summed E-state index contributed by atoms with van der Waals surface area (Å²) in [5.74, 6) is -0.288. The number of carbonyl (C=O) groups is 2. The molecule has 2 aliphatic rings. The molecule has 3 rings (SSSR count). The summed E-state index contributed by atoms with van der Waals surface area (Å²) in [6.45, 7) is 2.22. The van der Waals surface area contributed by atoms with Crippen LogP contribution in [0.4, 0.5) is 0 Å². The van der Waals surface area contributed by atoms with Crippen LogP contribution in [-0.4, -0.2) is 34.5 Å². The molecule has 2 fully saturated rings. The van der Waals surface area contributed by atoms with Crippen LogP contribution in [0.25, 0.3) is 0 Å². The molecule has 1 heterocycles. The number of aliphatic hydroxyl groups is 1. The summed E-state index contributed by atoms with van der Waals surface area (Å²) < 4.78 is 0. The second-order valence-corrected chi connectivity index (χ2v) is 7.14. The van der Waals surface area contributed by atoms with E-state index in [0.29, 0.717) is 18.5 Å². The maximum atomic E-state index is 12.9. The Morgan fingerprint density at radius 1 is 1.22 bits per heavy atom. The predicted molar refractivity (Wildman–Crippen MR) is 87.8 cm³/mol. The summed E-state index contributed by atoms with van der Waals surface area (Å²) >= 11 is 0. The first kappa shape index (κ1) is 16.2. The van der Waals surface area contributed by atoms with Gasteiger partial charge in [-0.15, -0.1) is 0 Å². The fourth-order valence-corrected chi connectivity index (χ4v) is 4.04. The van der Waals surface area contributed by atoms with E-state index in [1.807, 2.05) is 13.0 Å². The molecule has 1 N–H and O–H groups in total. The van der Waals surface area contributed by atoms with Gasteiger partial charge in [-0.25, -0.2) is 0 Å². The summed E-state index contributed by atoms with van der Waals surface area (Å²) in [5.41, 5.74) is -0.302. The van der Waals surface area contributed by atoms with Crippen molar-refractivity contribution in [2.45, 2.75) is 51.6 Å². The van der Waals surface area contributed by atoms with Gasteiger partial charge in [-0.3, -0.25) is 14.5 Å². The second-order valence-electron chi connectivity index (χ2n) is 7.14. The molecule has 0 unspecified atom stereocenters. The topological polar surface area (TPSA) is 57.6 Å². The van der Waals surface area contributed by atoms with Crippen molar-refractivity contribution in [2.75, 3.05) is 6.54 Å². The van der Waals surface area contributed by atoms with E-state index in [1.165, 1.54) is 11.3 Å². The Balaban J connectivity index is 1.76. The van der Waals surface area contributed by atoms with E-state index in [1.54, 1.807) is 24.3 Å².